The summed E-state index contributed by atoms with van der Waals surface area (Å²) in [5, 5.41) is 10.1. The smallest absolute Gasteiger partial charge is 0.245 e. The van der Waals surface area contributed by atoms with Crippen LogP contribution in [0, 0.1) is 0 Å². The van der Waals surface area contributed by atoms with E-state index in [4.69, 9.17) is 11.6 Å². The van der Waals surface area contributed by atoms with Gasteiger partial charge in [-0.2, -0.15) is 0 Å². The van der Waals surface area contributed by atoms with Gasteiger partial charge in [-0.3, -0.25) is 14.9 Å². The standard InChI is InChI=1S/C33H40ClN5O4S/c1-23(36-22-44(2,42)43)28-9-5-6-10-31(28)38-15-17-39(18-16-38)33(41)30(19-24-11-13-27(34)14-12-24)37-32(40)29-20-25-7-3-4-8-26(25)21-35-29/h3-14,23,29-30,35-36H,15-22H2,1-2H3,(H,37,40). The molecule has 0 bridgehead atoms. The number of benzene rings is 3. The van der Waals surface area contributed by atoms with Gasteiger partial charge in [-0.1, -0.05) is 66.2 Å². The first-order chi connectivity index (χ1) is 21.1. The average molecular weight is 638 g/mol. The molecule has 0 spiro atoms. The normalized spacial score (nSPS) is 18.3. The lowest BCUT2D eigenvalue weighted by atomic mass is 9.95. The van der Waals surface area contributed by atoms with Gasteiger partial charge in [0.05, 0.1) is 11.9 Å². The van der Waals surface area contributed by atoms with E-state index in [1.807, 2.05) is 66.4 Å². The van der Waals surface area contributed by atoms with Gasteiger partial charge < -0.3 is 20.4 Å². The molecule has 2 amide bonds. The molecule has 9 nitrogen and oxygen atoms in total. The quantitative estimate of drug-likeness (QED) is 0.313. The number of carbonyl (C=O) groups is 2. The Hall–Kier alpha value is -3.44. The van der Waals surface area contributed by atoms with Crippen LogP contribution >= 0.6 is 11.6 Å². The Balaban J connectivity index is 1.26. The molecule has 1 fully saturated rings. The van der Waals surface area contributed by atoms with E-state index in [2.05, 4.69) is 26.9 Å². The van der Waals surface area contributed by atoms with E-state index < -0.39 is 21.9 Å². The largest absolute Gasteiger partial charge is 0.368 e. The summed E-state index contributed by atoms with van der Waals surface area (Å²) in [5.74, 6) is -0.399. The lowest BCUT2D eigenvalue weighted by Gasteiger charge is -2.39. The number of sulfone groups is 1. The summed E-state index contributed by atoms with van der Waals surface area (Å²) in [6.07, 6.45) is 2.14. The monoisotopic (exact) mass is 637 g/mol. The first-order valence-electron chi connectivity index (χ1n) is 15.0. The van der Waals surface area contributed by atoms with Gasteiger partial charge in [-0.25, -0.2) is 8.42 Å². The molecule has 3 unspecified atom stereocenters. The predicted octanol–water partition coefficient (Wildman–Crippen LogP) is 3.08. The number of anilines is 1. The number of para-hydroxylation sites is 1. The molecule has 0 saturated carbocycles. The molecule has 3 atom stereocenters. The molecular formula is C33H40ClN5O4S. The summed E-state index contributed by atoms with van der Waals surface area (Å²) in [4.78, 5) is 31.5. The van der Waals surface area contributed by atoms with Gasteiger partial charge in [0, 0.05) is 62.2 Å². The van der Waals surface area contributed by atoms with Gasteiger partial charge in [-0.15, -0.1) is 0 Å². The second kappa shape index (κ2) is 14.1. The number of nitrogens with zero attached hydrogens (tertiary/aromatic N) is 2. The fourth-order valence-electron chi connectivity index (χ4n) is 5.88. The van der Waals surface area contributed by atoms with Crippen LogP contribution in [0.15, 0.2) is 72.8 Å². The maximum absolute atomic E-state index is 14.0. The molecule has 11 heteroatoms. The molecule has 2 aliphatic rings. The third kappa shape index (κ3) is 8.18. The van der Waals surface area contributed by atoms with Crippen LogP contribution in [-0.4, -0.2) is 75.5 Å². The van der Waals surface area contributed by atoms with E-state index >= 15 is 0 Å². The zero-order valence-corrected chi connectivity index (χ0v) is 26.7. The van der Waals surface area contributed by atoms with Crippen molar-refractivity contribution >= 4 is 38.9 Å². The van der Waals surface area contributed by atoms with Crippen LogP contribution in [0.25, 0.3) is 0 Å². The third-order valence-electron chi connectivity index (χ3n) is 8.35. The molecule has 5 rings (SSSR count). The summed E-state index contributed by atoms with van der Waals surface area (Å²) in [5.41, 5.74) is 5.26. The number of carbonyl (C=O) groups excluding carboxylic acids is 2. The van der Waals surface area contributed by atoms with Gasteiger partial charge in [0.25, 0.3) is 0 Å². The molecule has 3 N–H and O–H groups in total. The minimum absolute atomic E-state index is 0.103. The van der Waals surface area contributed by atoms with Crippen LogP contribution in [0.2, 0.25) is 5.02 Å². The van der Waals surface area contributed by atoms with Gasteiger partial charge in [0.15, 0.2) is 9.84 Å². The number of halogens is 1. The van der Waals surface area contributed by atoms with Gasteiger partial charge in [-0.05, 0) is 53.8 Å². The number of hydrogen-bond donors (Lipinski definition) is 3. The minimum atomic E-state index is -3.15. The highest BCUT2D eigenvalue weighted by Crippen LogP contribution is 2.27. The second-order valence-electron chi connectivity index (χ2n) is 11.7. The topological polar surface area (TPSA) is 111 Å². The lowest BCUT2D eigenvalue weighted by molar-refractivity contribution is -0.137. The van der Waals surface area contributed by atoms with Crippen molar-refractivity contribution in [2.75, 3.05) is 43.2 Å². The van der Waals surface area contributed by atoms with Crippen molar-refractivity contribution in [3.63, 3.8) is 0 Å². The number of piperazine rings is 1. The summed E-state index contributed by atoms with van der Waals surface area (Å²) in [6, 6.07) is 22.1. The van der Waals surface area contributed by atoms with Gasteiger partial charge in [0.1, 0.15) is 6.04 Å². The Morgan fingerprint density at radius 1 is 0.955 bits per heavy atom. The van der Waals surface area contributed by atoms with Crippen molar-refractivity contribution in [1.82, 2.24) is 20.9 Å². The minimum Gasteiger partial charge on any atom is -0.368 e. The van der Waals surface area contributed by atoms with Gasteiger partial charge in [0.2, 0.25) is 11.8 Å². The first kappa shape index (κ1) is 32.0. The van der Waals surface area contributed by atoms with Crippen molar-refractivity contribution in [3.05, 3.63) is 100 Å². The summed E-state index contributed by atoms with van der Waals surface area (Å²) in [7, 11) is -3.15. The Labute approximate surface area is 264 Å². The fraction of sp³-hybridized carbons (Fsp3) is 0.394. The van der Waals surface area contributed by atoms with Crippen molar-refractivity contribution in [3.8, 4) is 0 Å². The van der Waals surface area contributed by atoms with E-state index in [0.29, 0.717) is 50.6 Å². The molecule has 0 aliphatic carbocycles. The number of rotatable bonds is 10. The van der Waals surface area contributed by atoms with Crippen LogP contribution in [0.3, 0.4) is 0 Å². The van der Waals surface area contributed by atoms with Crippen LogP contribution in [0.5, 0.6) is 0 Å². The first-order valence-corrected chi connectivity index (χ1v) is 17.4. The molecule has 3 aromatic carbocycles. The highest BCUT2D eigenvalue weighted by atomic mass is 35.5. The molecule has 0 aromatic heterocycles. The Morgan fingerprint density at radius 3 is 2.32 bits per heavy atom. The summed E-state index contributed by atoms with van der Waals surface area (Å²) in [6.45, 7) is 4.79. The van der Waals surface area contributed by atoms with Crippen molar-refractivity contribution in [1.29, 1.82) is 0 Å². The molecular weight excluding hydrogens is 598 g/mol. The van der Waals surface area contributed by atoms with Crippen LogP contribution in [-0.2, 0) is 38.8 Å². The maximum atomic E-state index is 14.0. The molecule has 234 valence electrons. The number of hydrogen-bond acceptors (Lipinski definition) is 7. The highest BCUT2D eigenvalue weighted by Gasteiger charge is 2.32. The fourth-order valence-corrected chi connectivity index (χ4v) is 6.56. The number of fused-ring (bicyclic) bond motifs is 1. The Bertz CT molecular complexity index is 1570. The Kier molecular flexibility index (Phi) is 10.3. The Morgan fingerprint density at radius 2 is 1.61 bits per heavy atom. The zero-order chi connectivity index (χ0) is 31.3. The van der Waals surface area contributed by atoms with E-state index in [9.17, 15) is 18.0 Å². The number of nitrogens with one attached hydrogen (secondary N) is 3. The molecule has 1 saturated heterocycles. The molecule has 0 radical (unpaired) electrons. The van der Waals surface area contributed by atoms with Crippen molar-refractivity contribution in [2.24, 2.45) is 0 Å². The summed E-state index contributed by atoms with van der Waals surface area (Å²) >= 11 is 6.10. The maximum Gasteiger partial charge on any atom is 0.245 e. The van der Waals surface area contributed by atoms with E-state index in [1.165, 1.54) is 11.8 Å². The highest BCUT2D eigenvalue weighted by molar-refractivity contribution is 7.90. The lowest BCUT2D eigenvalue weighted by Crippen LogP contribution is -2.58. The zero-order valence-electron chi connectivity index (χ0n) is 25.1. The number of amides is 2. The third-order valence-corrected chi connectivity index (χ3v) is 9.30. The molecule has 2 aliphatic heterocycles. The van der Waals surface area contributed by atoms with Crippen LogP contribution in [0.4, 0.5) is 5.69 Å². The van der Waals surface area contributed by atoms with E-state index in [-0.39, 0.29) is 23.7 Å². The van der Waals surface area contributed by atoms with E-state index in [0.717, 1.165) is 22.4 Å². The van der Waals surface area contributed by atoms with Gasteiger partial charge >= 0.3 is 0 Å². The SMILES string of the molecule is CC(NCS(C)(=O)=O)c1ccccc1N1CCN(C(=O)C(Cc2ccc(Cl)cc2)NC(=O)C2Cc3ccccc3CN2)CC1. The molecule has 3 aromatic rings. The second-order valence-corrected chi connectivity index (χ2v) is 14.2. The molecule has 2 heterocycles. The van der Waals surface area contributed by atoms with Crippen molar-refractivity contribution < 1.29 is 18.0 Å². The van der Waals surface area contributed by atoms with E-state index in [1.54, 1.807) is 12.1 Å². The van der Waals surface area contributed by atoms with Crippen LogP contribution in [0.1, 0.15) is 35.2 Å². The average Bonchev–Trinajstić information content (AvgIpc) is 3.03. The van der Waals surface area contributed by atoms with Crippen LogP contribution < -0.4 is 20.9 Å². The summed E-state index contributed by atoms with van der Waals surface area (Å²) < 4.78 is 23.4. The predicted molar refractivity (Wildman–Crippen MR) is 174 cm³/mol. The van der Waals surface area contributed by atoms with Crippen molar-refractivity contribution in [2.45, 2.75) is 44.4 Å². The molecule has 44 heavy (non-hydrogen) atoms.